The van der Waals surface area contributed by atoms with Gasteiger partial charge in [-0.1, -0.05) is 13.8 Å². The molecule has 1 aromatic heterocycles. The van der Waals surface area contributed by atoms with Gasteiger partial charge in [0.25, 0.3) is 0 Å². The van der Waals surface area contributed by atoms with Crippen molar-refractivity contribution < 1.29 is 14.3 Å². The van der Waals surface area contributed by atoms with Crippen molar-refractivity contribution in [3.05, 3.63) is 33.7 Å². The van der Waals surface area contributed by atoms with Crippen molar-refractivity contribution in [3.8, 4) is 11.5 Å². The topological polar surface area (TPSA) is 59.7 Å². The minimum absolute atomic E-state index is 0.0755. The van der Waals surface area contributed by atoms with Gasteiger partial charge in [-0.2, -0.15) is 0 Å². The number of hydrogen-bond donors (Lipinski definition) is 1. The lowest BCUT2D eigenvalue weighted by molar-refractivity contribution is 0.402. The van der Waals surface area contributed by atoms with Gasteiger partial charge in [-0.3, -0.25) is 4.79 Å². The molecule has 0 bridgehead atoms. The maximum Gasteiger partial charge on any atom is 0.196 e. The smallest absolute Gasteiger partial charge is 0.196 e. The number of fused-ring (bicyclic) bond motifs is 1. The van der Waals surface area contributed by atoms with Crippen LogP contribution in [0.25, 0.3) is 11.0 Å². The van der Waals surface area contributed by atoms with Gasteiger partial charge < -0.3 is 14.3 Å². The first-order valence-corrected chi connectivity index (χ1v) is 5.80. The Morgan fingerprint density at radius 3 is 2.56 bits per heavy atom. The van der Waals surface area contributed by atoms with Crippen molar-refractivity contribution in [3.63, 3.8) is 0 Å². The highest BCUT2D eigenvalue weighted by Gasteiger charge is 2.16. The van der Waals surface area contributed by atoms with E-state index in [1.807, 2.05) is 13.8 Å². The SMILES string of the molecule is COc1cc2oc(C(C)C)cc(=O)c2c(O)c1C. The summed E-state index contributed by atoms with van der Waals surface area (Å²) in [7, 11) is 1.51. The molecular weight excluding hydrogens is 232 g/mol. The number of benzene rings is 1. The molecule has 0 atom stereocenters. The molecule has 0 spiro atoms. The monoisotopic (exact) mass is 248 g/mol. The third-order valence-electron chi connectivity index (χ3n) is 3.01. The van der Waals surface area contributed by atoms with Gasteiger partial charge in [0.2, 0.25) is 0 Å². The van der Waals surface area contributed by atoms with Crippen molar-refractivity contribution in [2.24, 2.45) is 0 Å². The molecule has 1 heterocycles. The maximum atomic E-state index is 12.0. The van der Waals surface area contributed by atoms with Gasteiger partial charge in [0.1, 0.15) is 28.2 Å². The van der Waals surface area contributed by atoms with E-state index in [1.165, 1.54) is 13.2 Å². The number of rotatable bonds is 2. The number of aromatic hydroxyl groups is 1. The summed E-state index contributed by atoms with van der Waals surface area (Å²) < 4.78 is 10.8. The Kier molecular flexibility index (Phi) is 3.03. The van der Waals surface area contributed by atoms with Gasteiger partial charge >= 0.3 is 0 Å². The van der Waals surface area contributed by atoms with Crippen molar-refractivity contribution in [2.45, 2.75) is 26.7 Å². The van der Waals surface area contributed by atoms with E-state index in [-0.39, 0.29) is 22.5 Å². The summed E-state index contributed by atoms with van der Waals surface area (Å²) in [4.78, 5) is 12.0. The molecule has 0 saturated carbocycles. The van der Waals surface area contributed by atoms with Gasteiger partial charge in [0.15, 0.2) is 5.43 Å². The Morgan fingerprint density at radius 2 is 2.00 bits per heavy atom. The highest BCUT2D eigenvalue weighted by Crippen LogP contribution is 2.34. The molecule has 18 heavy (non-hydrogen) atoms. The first kappa shape index (κ1) is 12.5. The molecule has 0 saturated heterocycles. The molecule has 0 radical (unpaired) electrons. The lowest BCUT2D eigenvalue weighted by Crippen LogP contribution is -2.04. The summed E-state index contributed by atoms with van der Waals surface area (Å²) in [6, 6.07) is 3.07. The number of hydrogen-bond acceptors (Lipinski definition) is 4. The van der Waals surface area contributed by atoms with Crippen molar-refractivity contribution >= 4 is 11.0 Å². The van der Waals surface area contributed by atoms with Crippen LogP contribution in [0, 0.1) is 6.92 Å². The molecule has 0 aliphatic heterocycles. The summed E-state index contributed by atoms with van der Waals surface area (Å²) in [6.45, 7) is 5.58. The van der Waals surface area contributed by atoms with E-state index in [2.05, 4.69) is 0 Å². The predicted octanol–water partition coefficient (Wildman–Crippen LogP) is 2.94. The van der Waals surface area contributed by atoms with Crippen LogP contribution < -0.4 is 10.2 Å². The number of ether oxygens (including phenoxy) is 1. The van der Waals surface area contributed by atoms with E-state index in [0.717, 1.165) is 0 Å². The van der Waals surface area contributed by atoms with E-state index in [4.69, 9.17) is 9.15 Å². The van der Waals surface area contributed by atoms with Crippen LogP contribution in [0.1, 0.15) is 31.1 Å². The second-order valence-electron chi connectivity index (χ2n) is 4.59. The molecule has 0 aliphatic carbocycles. The Hall–Kier alpha value is -1.97. The highest BCUT2D eigenvalue weighted by atomic mass is 16.5. The zero-order chi connectivity index (χ0) is 13.4. The van der Waals surface area contributed by atoms with Crippen molar-refractivity contribution in [1.29, 1.82) is 0 Å². The first-order valence-electron chi connectivity index (χ1n) is 5.80. The fourth-order valence-electron chi connectivity index (χ4n) is 1.89. The van der Waals surface area contributed by atoms with Crippen LogP contribution in [-0.4, -0.2) is 12.2 Å². The van der Waals surface area contributed by atoms with E-state index in [1.54, 1.807) is 13.0 Å². The molecule has 4 nitrogen and oxygen atoms in total. The number of methoxy groups -OCH3 is 1. The average Bonchev–Trinajstić information content (AvgIpc) is 2.32. The molecule has 0 fully saturated rings. The zero-order valence-corrected chi connectivity index (χ0v) is 10.9. The molecular formula is C14H16O4. The molecule has 96 valence electrons. The fraction of sp³-hybridized carbons (Fsp3) is 0.357. The first-order chi connectivity index (χ1) is 8.45. The fourth-order valence-corrected chi connectivity index (χ4v) is 1.89. The Morgan fingerprint density at radius 1 is 1.33 bits per heavy atom. The molecule has 0 unspecified atom stereocenters. The third kappa shape index (κ3) is 1.83. The maximum absolute atomic E-state index is 12.0. The Bertz CT molecular complexity index is 653. The molecule has 1 aromatic carbocycles. The normalized spacial score (nSPS) is 11.2. The minimum atomic E-state index is -0.233. The van der Waals surface area contributed by atoms with Gasteiger partial charge in [0, 0.05) is 23.6 Å². The minimum Gasteiger partial charge on any atom is -0.507 e. The lowest BCUT2D eigenvalue weighted by atomic mass is 10.1. The van der Waals surface area contributed by atoms with Crippen LogP contribution in [0.3, 0.4) is 0 Å². The average molecular weight is 248 g/mol. The van der Waals surface area contributed by atoms with Gasteiger partial charge in [0.05, 0.1) is 7.11 Å². The molecule has 0 amide bonds. The Balaban J connectivity index is 2.89. The molecule has 2 aromatic rings. The van der Waals surface area contributed by atoms with E-state index in [0.29, 0.717) is 22.7 Å². The van der Waals surface area contributed by atoms with Crippen molar-refractivity contribution in [1.82, 2.24) is 0 Å². The summed E-state index contributed by atoms with van der Waals surface area (Å²) in [5, 5.41) is 10.2. The van der Waals surface area contributed by atoms with E-state index in [9.17, 15) is 9.90 Å². The highest BCUT2D eigenvalue weighted by molar-refractivity contribution is 5.86. The molecule has 2 rings (SSSR count). The zero-order valence-electron chi connectivity index (χ0n) is 10.9. The van der Waals surface area contributed by atoms with E-state index >= 15 is 0 Å². The summed E-state index contributed by atoms with van der Waals surface area (Å²) in [5.41, 5.74) is 0.656. The van der Waals surface area contributed by atoms with Crippen LogP contribution >= 0.6 is 0 Å². The van der Waals surface area contributed by atoms with Crippen LogP contribution in [0.2, 0.25) is 0 Å². The van der Waals surface area contributed by atoms with Crippen LogP contribution in [0.15, 0.2) is 21.3 Å². The molecule has 0 aliphatic rings. The van der Waals surface area contributed by atoms with Crippen LogP contribution in [0.5, 0.6) is 11.5 Å². The van der Waals surface area contributed by atoms with Gasteiger partial charge in [-0.25, -0.2) is 0 Å². The van der Waals surface area contributed by atoms with Gasteiger partial charge in [-0.15, -0.1) is 0 Å². The van der Waals surface area contributed by atoms with Crippen molar-refractivity contribution in [2.75, 3.05) is 7.11 Å². The predicted molar refractivity (Wildman–Crippen MR) is 69.5 cm³/mol. The lowest BCUT2D eigenvalue weighted by Gasteiger charge is -2.11. The Labute approximate surface area is 105 Å². The van der Waals surface area contributed by atoms with Crippen LogP contribution in [-0.2, 0) is 0 Å². The third-order valence-corrected chi connectivity index (χ3v) is 3.01. The quantitative estimate of drug-likeness (QED) is 0.887. The largest absolute Gasteiger partial charge is 0.507 e. The molecule has 4 heteroatoms. The van der Waals surface area contributed by atoms with Gasteiger partial charge in [-0.05, 0) is 6.92 Å². The molecule has 1 N–H and O–H groups in total. The second-order valence-corrected chi connectivity index (χ2v) is 4.59. The summed E-state index contributed by atoms with van der Waals surface area (Å²) >= 11 is 0. The number of phenolic OH excluding ortho intramolecular Hbond substituents is 1. The standard InChI is InChI=1S/C14H16O4/c1-7(2)10-5-9(15)13-12(18-10)6-11(17-4)8(3)14(13)16/h5-7,16H,1-4H3. The number of phenols is 1. The summed E-state index contributed by atoms with van der Waals surface area (Å²) in [5.74, 6) is 1.13. The van der Waals surface area contributed by atoms with Crippen LogP contribution in [0.4, 0.5) is 0 Å². The van der Waals surface area contributed by atoms with E-state index < -0.39 is 0 Å². The summed E-state index contributed by atoms with van der Waals surface area (Å²) in [6.07, 6.45) is 0. The second kappa shape index (κ2) is 4.37.